The number of nitrogens with one attached hydrogen (secondary N) is 2. The molecular weight excluding hydrogens is 288 g/mol. The molecule has 1 amide bonds. The zero-order valence-corrected chi connectivity index (χ0v) is 13.1. The van der Waals surface area contributed by atoms with E-state index in [0.29, 0.717) is 0 Å². The molecule has 0 radical (unpaired) electrons. The van der Waals surface area contributed by atoms with Crippen LogP contribution in [0, 0.1) is 0 Å². The van der Waals surface area contributed by atoms with Crippen LogP contribution in [-0.2, 0) is 4.79 Å². The lowest BCUT2D eigenvalue weighted by atomic mass is 10.2. The Hall–Kier alpha value is -3.08. The Labute approximate surface area is 134 Å². The topological polar surface area (TPSA) is 61.0 Å². The molecule has 0 aliphatic carbocycles. The number of hydrogen-bond donors (Lipinski definition) is 2. The van der Waals surface area contributed by atoms with Crippen molar-refractivity contribution in [2.45, 2.75) is 0 Å². The van der Waals surface area contributed by atoms with Gasteiger partial charge in [0.05, 0.1) is 11.2 Å². The molecule has 0 spiro atoms. The van der Waals surface area contributed by atoms with Crippen molar-refractivity contribution >= 4 is 34.3 Å². The summed E-state index contributed by atoms with van der Waals surface area (Å²) in [6, 6.07) is 15.5. The zero-order chi connectivity index (χ0) is 16.2. The number of aromatic amines is 1. The number of carbonyl (C=O) groups is 1. The molecule has 5 heteroatoms. The van der Waals surface area contributed by atoms with Crippen molar-refractivity contribution in [3.05, 3.63) is 60.3 Å². The minimum Gasteiger partial charge on any atom is -0.378 e. The van der Waals surface area contributed by atoms with Gasteiger partial charge in [-0.1, -0.05) is 18.2 Å². The molecule has 5 nitrogen and oxygen atoms in total. The molecule has 23 heavy (non-hydrogen) atoms. The predicted octanol–water partition coefficient (Wildman–Crippen LogP) is 3.28. The second kappa shape index (κ2) is 6.36. The summed E-state index contributed by atoms with van der Waals surface area (Å²) >= 11 is 0. The Balaban J connectivity index is 1.69. The van der Waals surface area contributed by atoms with Crippen LogP contribution in [0.5, 0.6) is 0 Å². The molecule has 2 aromatic carbocycles. The normalized spacial score (nSPS) is 11.0. The Bertz CT molecular complexity index is 847. The van der Waals surface area contributed by atoms with Gasteiger partial charge in [-0.25, -0.2) is 0 Å². The molecule has 3 rings (SSSR count). The number of anilines is 2. The number of para-hydroxylation sites is 1. The third-order valence-electron chi connectivity index (χ3n) is 3.54. The Kier molecular flexibility index (Phi) is 4.10. The molecule has 0 bridgehead atoms. The van der Waals surface area contributed by atoms with E-state index in [-0.39, 0.29) is 5.91 Å². The molecule has 1 heterocycles. The summed E-state index contributed by atoms with van der Waals surface area (Å²) in [7, 11) is 3.95. The van der Waals surface area contributed by atoms with Gasteiger partial charge < -0.3 is 10.2 Å². The van der Waals surface area contributed by atoms with Crippen molar-refractivity contribution in [2.24, 2.45) is 0 Å². The van der Waals surface area contributed by atoms with E-state index in [0.717, 1.165) is 28.0 Å². The number of carbonyl (C=O) groups excluding carboxylic acids is 1. The van der Waals surface area contributed by atoms with E-state index in [2.05, 4.69) is 15.5 Å². The first-order chi connectivity index (χ1) is 11.1. The van der Waals surface area contributed by atoms with Gasteiger partial charge in [0, 0.05) is 36.9 Å². The monoisotopic (exact) mass is 306 g/mol. The summed E-state index contributed by atoms with van der Waals surface area (Å²) in [6.07, 6.45) is 3.20. The summed E-state index contributed by atoms with van der Waals surface area (Å²) in [5.74, 6) is -0.185. The van der Waals surface area contributed by atoms with Crippen molar-refractivity contribution in [1.82, 2.24) is 10.2 Å². The SMILES string of the molecule is CN(C)c1ccc(NC(=O)C=Cc2n[nH]c3ccccc23)cc1. The molecule has 0 unspecified atom stereocenters. The van der Waals surface area contributed by atoms with Crippen LogP contribution in [0.15, 0.2) is 54.6 Å². The number of benzene rings is 2. The zero-order valence-electron chi connectivity index (χ0n) is 13.1. The van der Waals surface area contributed by atoms with Crippen LogP contribution in [0.1, 0.15) is 5.69 Å². The molecule has 0 aliphatic rings. The first-order valence-electron chi connectivity index (χ1n) is 7.33. The number of nitrogens with zero attached hydrogens (tertiary/aromatic N) is 2. The lowest BCUT2D eigenvalue weighted by Gasteiger charge is -2.12. The van der Waals surface area contributed by atoms with Gasteiger partial charge in [0.1, 0.15) is 0 Å². The molecule has 0 atom stereocenters. The minimum absolute atomic E-state index is 0.185. The molecule has 3 aromatic rings. The number of rotatable bonds is 4. The van der Waals surface area contributed by atoms with Gasteiger partial charge in [-0.2, -0.15) is 5.10 Å². The molecule has 0 saturated carbocycles. The fraction of sp³-hybridized carbons (Fsp3) is 0.111. The molecular formula is C18H18N4O. The Morgan fingerprint density at radius 2 is 1.87 bits per heavy atom. The molecule has 0 fully saturated rings. The summed E-state index contributed by atoms with van der Waals surface area (Å²) in [6.45, 7) is 0. The van der Waals surface area contributed by atoms with Crippen molar-refractivity contribution in [3.63, 3.8) is 0 Å². The van der Waals surface area contributed by atoms with Crippen molar-refractivity contribution in [1.29, 1.82) is 0 Å². The molecule has 0 saturated heterocycles. The summed E-state index contributed by atoms with van der Waals surface area (Å²) < 4.78 is 0. The first-order valence-corrected chi connectivity index (χ1v) is 7.33. The Morgan fingerprint density at radius 3 is 2.61 bits per heavy atom. The van der Waals surface area contributed by atoms with Gasteiger partial charge in [-0.05, 0) is 36.4 Å². The molecule has 2 N–H and O–H groups in total. The fourth-order valence-electron chi connectivity index (χ4n) is 2.29. The van der Waals surface area contributed by atoms with E-state index in [1.54, 1.807) is 6.08 Å². The average molecular weight is 306 g/mol. The van der Waals surface area contributed by atoms with E-state index in [1.165, 1.54) is 6.08 Å². The third kappa shape index (κ3) is 3.40. The van der Waals surface area contributed by atoms with Gasteiger partial charge in [0.2, 0.25) is 5.91 Å². The lowest BCUT2D eigenvalue weighted by Crippen LogP contribution is -2.10. The highest BCUT2D eigenvalue weighted by Crippen LogP contribution is 2.17. The summed E-state index contributed by atoms with van der Waals surface area (Å²) in [5.41, 5.74) is 3.55. The summed E-state index contributed by atoms with van der Waals surface area (Å²) in [5, 5.41) is 11.0. The van der Waals surface area contributed by atoms with Crippen LogP contribution in [0.2, 0.25) is 0 Å². The molecule has 1 aromatic heterocycles. The van der Waals surface area contributed by atoms with Gasteiger partial charge in [-0.15, -0.1) is 0 Å². The van der Waals surface area contributed by atoms with Crippen LogP contribution in [0.25, 0.3) is 17.0 Å². The maximum absolute atomic E-state index is 12.0. The largest absolute Gasteiger partial charge is 0.378 e. The smallest absolute Gasteiger partial charge is 0.248 e. The number of fused-ring (bicyclic) bond motifs is 1. The quantitative estimate of drug-likeness (QED) is 0.727. The number of H-pyrrole nitrogens is 1. The van der Waals surface area contributed by atoms with E-state index >= 15 is 0 Å². The van der Waals surface area contributed by atoms with Crippen molar-refractivity contribution < 1.29 is 4.79 Å². The van der Waals surface area contributed by atoms with Gasteiger partial charge in [0.15, 0.2) is 0 Å². The van der Waals surface area contributed by atoms with Crippen LogP contribution >= 0.6 is 0 Å². The fourth-order valence-corrected chi connectivity index (χ4v) is 2.29. The number of hydrogen-bond acceptors (Lipinski definition) is 3. The third-order valence-corrected chi connectivity index (χ3v) is 3.54. The van der Waals surface area contributed by atoms with Crippen molar-refractivity contribution in [2.75, 3.05) is 24.3 Å². The Morgan fingerprint density at radius 1 is 1.13 bits per heavy atom. The highest BCUT2D eigenvalue weighted by molar-refractivity contribution is 6.03. The van der Waals surface area contributed by atoms with E-state index < -0.39 is 0 Å². The second-order valence-corrected chi connectivity index (χ2v) is 5.42. The van der Waals surface area contributed by atoms with Gasteiger partial charge in [0.25, 0.3) is 0 Å². The molecule has 0 aliphatic heterocycles. The number of aromatic nitrogens is 2. The highest BCUT2D eigenvalue weighted by Gasteiger charge is 2.03. The first kappa shape index (κ1) is 14.8. The predicted molar refractivity (Wildman–Crippen MR) is 94.5 cm³/mol. The van der Waals surface area contributed by atoms with Gasteiger partial charge >= 0.3 is 0 Å². The van der Waals surface area contributed by atoms with E-state index in [1.807, 2.05) is 67.5 Å². The highest BCUT2D eigenvalue weighted by atomic mass is 16.1. The van der Waals surface area contributed by atoms with Crippen LogP contribution < -0.4 is 10.2 Å². The van der Waals surface area contributed by atoms with Crippen LogP contribution in [0.4, 0.5) is 11.4 Å². The van der Waals surface area contributed by atoms with E-state index in [9.17, 15) is 4.79 Å². The van der Waals surface area contributed by atoms with Crippen LogP contribution in [-0.4, -0.2) is 30.2 Å². The standard InChI is InChI=1S/C18H18N4O/c1-22(2)14-9-7-13(8-10-14)19-18(23)12-11-17-15-5-3-4-6-16(15)20-21-17/h3-12H,1-2H3,(H,19,23)(H,20,21). The number of amides is 1. The maximum Gasteiger partial charge on any atom is 0.248 e. The van der Waals surface area contributed by atoms with Crippen LogP contribution in [0.3, 0.4) is 0 Å². The lowest BCUT2D eigenvalue weighted by molar-refractivity contribution is -0.111. The summed E-state index contributed by atoms with van der Waals surface area (Å²) in [4.78, 5) is 14.0. The minimum atomic E-state index is -0.185. The van der Waals surface area contributed by atoms with E-state index in [4.69, 9.17) is 0 Å². The maximum atomic E-state index is 12.0. The second-order valence-electron chi connectivity index (χ2n) is 5.42. The van der Waals surface area contributed by atoms with Crippen molar-refractivity contribution in [3.8, 4) is 0 Å². The average Bonchev–Trinajstić information content (AvgIpc) is 2.97. The van der Waals surface area contributed by atoms with Gasteiger partial charge in [-0.3, -0.25) is 9.89 Å². The molecule has 116 valence electrons.